The van der Waals surface area contributed by atoms with Crippen LogP contribution in [-0.2, 0) is 16.6 Å². The van der Waals surface area contributed by atoms with Crippen LogP contribution in [0.15, 0.2) is 65.8 Å². The van der Waals surface area contributed by atoms with Crippen LogP contribution in [0, 0.1) is 5.82 Å². The van der Waals surface area contributed by atoms with Crippen LogP contribution in [-0.4, -0.2) is 42.0 Å². The zero-order chi connectivity index (χ0) is 22.4. The zero-order valence-corrected chi connectivity index (χ0v) is 17.4. The molecule has 1 unspecified atom stereocenters. The number of nitrogens with zero attached hydrogens (tertiary/aromatic N) is 2. The number of hydrogen-bond acceptors (Lipinski definition) is 6. The molecule has 0 aliphatic rings. The maximum absolute atomic E-state index is 13.3. The molecule has 1 heterocycles. The molecule has 0 aliphatic heterocycles. The van der Waals surface area contributed by atoms with Gasteiger partial charge >= 0.3 is 0 Å². The molecule has 162 valence electrons. The molecule has 1 aromatic heterocycles. The third-order valence-electron chi connectivity index (χ3n) is 4.23. The molecule has 31 heavy (non-hydrogen) atoms. The molecule has 3 N–H and O–H groups in total. The highest BCUT2D eigenvalue weighted by atomic mass is 32.2. The van der Waals surface area contributed by atoms with E-state index in [4.69, 9.17) is 0 Å². The minimum Gasteiger partial charge on any atom is -0.392 e. The normalized spacial score (nSPS) is 12.4. The topological polar surface area (TPSA) is 121 Å². The summed E-state index contributed by atoms with van der Waals surface area (Å²) in [6.07, 6.45) is 1.86. The van der Waals surface area contributed by atoms with Gasteiger partial charge in [-0.1, -0.05) is 24.3 Å². The number of nitrogens with one attached hydrogen (secondary N) is 2. The molecule has 1 atom stereocenters. The van der Waals surface area contributed by atoms with Crippen molar-refractivity contribution in [2.24, 2.45) is 0 Å². The third-order valence-corrected chi connectivity index (χ3v) is 5.65. The van der Waals surface area contributed by atoms with Crippen molar-refractivity contribution in [2.45, 2.75) is 24.5 Å². The first-order chi connectivity index (χ1) is 14.7. The minimum absolute atomic E-state index is 0.0303. The van der Waals surface area contributed by atoms with Crippen molar-refractivity contribution < 1.29 is 22.7 Å². The quantitative estimate of drug-likeness (QED) is 0.488. The van der Waals surface area contributed by atoms with Gasteiger partial charge in [0.05, 0.1) is 16.6 Å². The maximum atomic E-state index is 13.3. The van der Waals surface area contributed by atoms with Crippen molar-refractivity contribution >= 4 is 15.9 Å². The SMILES string of the molecule is CC(O)CNS(=O)(=O)c1cccc(CNC(=O)c2cnc(-c3cccc(F)c3)nc2)c1. The van der Waals surface area contributed by atoms with E-state index >= 15 is 0 Å². The molecule has 3 aromatic rings. The molecule has 0 bridgehead atoms. The van der Waals surface area contributed by atoms with E-state index < -0.39 is 27.9 Å². The number of rotatable bonds is 8. The second-order valence-corrected chi connectivity index (χ2v) is 8.60. The Bertz CT molecular complexity index is 1170. The van der Waals surface area contributed by atoms with Crippen LogP contribution in [0.5, 0.6) is 0 Å². The fourth-order valence-electron chi connectivity index (χ4n) is 2.64. The first-order valence-electron chi connectivity index (χ1n) is 9.37. The summed E-state index contributed by atoms with van der Waals surface area (Å²) < 4.78 is 40.2. The fraction of sp³-hybridized carbons (Fsp3) is 0.190. The van der Waals surface area contributed by atoms with Crippen LogP contribution in [0.2, 0.25) is 0 Å². The number of carbonyl (C=O) groups excluding carboxylic acids is 1. The lowest BCUT2D eigenvalue weighted by Gasteiger charge is -2.10. The Labute approximate surface area is 179 Å². The van der Waals surface area contributed by atoms with Gasteiger partial charge in [0.1, 0.15) is 5.82 Å². The Balaban J connectivity index is 1.64. The lowest BCUT2D eigenvalue weighted by Crippen LogP contribution is -2.30. The number of sulfonamides is 1. The average Bonchev–Trinajstić information content (AvgIpc) is 2.76. The van der Waals surface area contributed by atoms with E-state index in [1.54, 1.807) is 24.3 Å². The highest BCUT2D eigenvalue weighted by Crippen LogP contribution is 2.16. The number of aromatic nitrogens is 2. The molecule has 2 aromatic carbocycles. The van der Waals surface area contributed by atoms with E-state index in [0.717, 1.165) is 0 Å². The number of aliphatic hydroxyl groups is 1. The molecule has 1 amide bonds. The molecule has 0 saturated heterocycles. The maximum Gasteiger partial charge on any atom is 0.254 e. The Kier molecular flexibility index (Phi) is 7.06. The Hall–Kier alpha value is -3.21. The van der Waals surface area contributed by atoms with Crippen molar-refractivity contribution in [1.82, 2.24) is 20.0 Å². The van der Waals surface area contributed by atoms with Crippen molar-refractivity contribution in [2.75, 3.05) is 6.54 Å². The summed E-state index contributed by atoms with van der Waals surface area (Å²) in [5.74, 6) is -0.557. The summed E-state index contributed by atoms with van der Waals surface area (Å²) >= 11 is 0. The van der Waals surface area contributed by atoms with E-state index in [1.807, 2.05) is 0 Å². The smallest absolute Gasteiger partial charge is 0.254 e. The first-order valence-corrected chi connectivity index (χ1v) is 10.9. The number of halogens is 1. The molecule has 0 saturated carbocycles. The Morgan fingerprint density at radius 3 is 2.52 bits per heavy atom. The summed E-state index contributed by atoms with van der Waals surface area (Å²) in [6, 6.07) is 11.9. The van der Waals surface area contributed by atoms with Crippen molar-refractivity contribution in [1.29, 1.82) is 0 Å². The summed E-state index contributed by atoms with van der Waals surface area (Å²) in [4.78, 5) is 20.6. The molecular weight excluding hydrogens is 423 g/mol. The first kappa shape index (κ1) is 22.5. The molecule has 3 rings (SSSR count). The highest BCUT2D eigenvalue weighted by molar-refractivity contribution is 7.89. The van der Waals surface area contributed by atoms with Crippen LogP contribution < -0.4 is 10.0 Å². The predicted molar refractivity (Wildman–Crippen MR) is 112 cm³/mol. The predicted octanol–water partition coefficient (Wildman–Crippen LogP) is 1.87. The molecular formula is C21H21FN4O4S. The molecule has 0 fully saturated rings. The van der Waals surface area contributed by atoms with Gasteiger partial charge in [-0.2, -0.15) is 0 Å². The average molecular weight is 444 g/mol. The Morgan fingerprint density at radius 1 is 1.13 bits per heavy atom. The minimum atomic E-state index is -3.77. The largest absolute Gasteiger partial charge is 0.392 e. The van der Waals surface area contributed by atoms with Crippen molar-refractivity contribution in [3.05, 3.63) is 77.9 Å². The van der Waals surface area contributed by atoms with E-state index in [-0.39, 0.29) is 23.5 Å². The molecule has 0 aliphatic carbocycles. The van der Waals surface area contributed by atoms with E-state index in [9.17, 15) is 22.7 Å². The highest BCUT2D eigenvalue weighted by Gasteiger charge is 2.15. The summed E-state index contributed by atoms with van der Waals surface area (Å²) in [5, 5.41) is 11.9. The number of amides is 1. The molecule has 8 nitrogen and oxygen atoms in total. The summed E-state index contributed by atoms with van der Waals surface area (Å²) in [7, 11) is -3.77. The van der Waals surface area contributed by atoms with Gasteiger partial charge in [-0.3, -0.25) is 4.79 Å². The summed E-state index contributed by atoms with van der Waals surface area (Å²) in [6.45, 7) is 1.46. The van der Waals surface area contributed by atoms with Crippen molar-refractivity contribution in [3.63, 3.8) is 0 Å². The standard InChI is InChI=1S/C21H21FN4O4S/c1-14(27)10-26-31(29,30)19-7-2-4-15(8-19)11-25-21(28)17-12-23-20(24-13-17)16-5-3-6-18(22)9-16/h2-9,12-14,26-27H,10-11H2,1H3,(H,25,28). The third kappa shape index (κ3) is 6.14. The van der Waals surface area contributed by atoms with Gasteiger partial charge < -0.3 is 10.4 Å². The van der Waals surface area contributed by atoms with Gasteiger partial charge in [0, 0.05) is 31.0 Å². The molecule has 10 heteroatoms. The molecule has 0 radical (unpaired) electrons. The molecule has 0 spiro atoms. The van der Waals surface area contributed by atoms with Gasteiger partial charge in [-0.25, -0.2) is 27.5 Å². The van der Waals surface area contributed by atoms with Crippen LogP contribution >= 0.6 is 0 Å². The van der Waals surface area contributed by atoms with Crippen LogP contribution in [0.25, 0.3) is 11.4 Å². The van der Waals surface area contributed by atoms with Gasteiger partial charge in [-0.15, -0.1) is 0 Å². The van der Waals surface area contributed by atoms with E-state index in [2.05, 4.69) is 20.0 Å². The van der Waals surface area contributed by atoms with Gasteiger partial charge in [0.25, 0.3) is 5.91 Å². The van der Waals surface area contributed by atoms with Crippen LogP contribution in [0.4, 0.5) is 4.39 Å². The number of aliphatic hydroxyl groups excluding tert-OH is 1. The second kappa shape index (κ2) is 9.73. The second-order valence-electron chi connectivity index (χ2n) is 6.84. The number of carbonyl (C=O) groups is 1. The number of hydrogen-bond donors (Lipinski definition) is 3. The van der Waals surface area contributed by atoms with Crippen LogP contribution in [0.3, 0.4) is 0 Å². The monoisotopic (exact) mass is 444 g/mol. The van der Waals surface area contributed by atoms with Crippen LogP contribution in [0.1, 0.15) is 22.8 Å². The fourth-order valence-corrected chi connectivity index (χ4v) is 3.83. The van der Waals surface area contributed by atoms with Crippen molar-refractivity contribution in [3.8, 4) is 11.4 Å². The van der Waals surface area contributed by atoms with E-state index in [1.165, 1.54) is 43.6 Å². The van der Waals surface area contributed by atoms with E-state index in [0.29, 0.717) is 17.0 Å². The van der Waals surface area contributed by atoms with Gasteiger partial charge in [-0.05, 0) is 36.8 Å². The lowest BCUT2D eigenvalue weighted by molar-refractivity contribution is 0.0950. The summed E-state index contributed by atoms with van der Waals surface area (Å²) in [5.41, 5.74) is 1.28. The zero-order valence-electron chi connectivity index (χ0n) is 16.6. The number of benzene rings is 2. The van der Waals surface area contributed by atoms with Gasteiger partial charge in [0.2, 0.25) is 10.0 Å². The lowest BCUT2D eigenvalue weighted by atomic mass is 10.2. The Morgan fingerprint density at radius 2 is 1.84 bits per heavy atom. The van der Waals surface area contributed by atoms with Gasteiger partial charge in [0.15, 0.2) is 5.82 Å².